The molecule has 1 heterocycles. The summed E-state index contributed by atoms with van der Waals surface area (Å²) in [5.74, 6) is 0.727. The van der Waals surface area contributed by atoms with E-state index in [0.29, 0.717) is 16.4 Å². The maximum absolute atomic E-state index is 12.0. The lowest BCUT2D eigenvalue weighted by Gasteiger charge is -2.10. The summed E-state index contributed by atoms with van der Waals surface area (Å²) in [4.78, 5) is 4.29. The van der Waals surface area contributed by atoms with Crippen LogP contribution in [-0.2, 0) is 17.2 Å². The van der Waals surface area contributed by atoms with Gasteiger partial charge in [-0.05, 0) is 18.2 Å². The van der Waals surface area contributed by atoms with Gasteiger partial charge in [0.15, 0.2) is 0 Å². The Kier molecular flexibility index (Phi) is 4.78. The van der Waals surface area contributed by atoms with Crippen molar-refractivity contribution in [2.45, 2.75) is 18.6 Å². The molecule has 20 heavy (non-hydrogen) atoms. The molecular weight excluding hydrogens is 316 g/mol. The maximum atomic E-state index is 12.0. The molecule has 0 unspecified atom stereocenters. The molecule has 0 amide bonds. The van der Waals surface area contributed by atoms with E-state index in [1.165, 1.54) is 0 Å². The van der Waals surface area contributed by atoms with Gasteiger partial charge in [-0.3, -0.25) is 0 Å². The third kappa shape index (κ3) is 3.77. The van der Waals surface area contributed by atoms with E-state index in [4.69, 9.17) is 23.2 Å². The molecule has 2 aromatic rings. The number of halogens is 5. The molecule has 0 fully saturated rings. The maximum Gasteiger partial charge on any atom is 0.411 e. The van der Waals surface area contributed by atoms with E-state index in [-0.39, 0.29) is 19.0 Å². The molecule has 0 spiro atoms. The second-order valence-corrected chi connectivity index (χ2v) is 4.82. The zero-order valence-electron chi connectivity index (χ0n) is 10.3. The summed E-state index contributed by atoms with van der Waals surface area (Å²) in [5.41, 5.74) is 1.42. The van der Waals surface area contributed by atoms with E-state index in [1.807, 2.05) is 0 Å². The van der Waals surface area contributed by atoms with Gasteiger partial charge >= 0.3 is 6.18 Å². The summed E-state index contributed by atoms with van der Waals surface area (Å²) >= 11 is 11.7. The molecule has 110 valence electrons. The molecule has 0 aliphatic heterocycles. The highest BCUT2D eigenvalue weighted by atomic mass is 35.5. The van der Waals surface area contributed by atoms with Crippen LogP contribution in [-0.4, -0.2) is 28.9 Å². The van der Waals surface area contributed by atoms with Gasteiger partial charge in [0.1, 0.15) is 12.4 Å². The molecule has 0 atom stereocenters. The molecule has 8 heteroatoms. The van der Waals surface area contributed by atoms with E-state index in [1.54, 1.807) is 22.8 Å². The van der Waals surface area contributed by atoms with Crippen molar-refractivity contribution < 1.29 is 17.9 Å². The second kappa shape index (κ2) is 6.20. The van der Waals surface area contributed by atoms with Crippen LogP contribution in [0.2, 0.25) is 5.02 Å². The molecule has 3 nitrogen and oxygen atoms in total. The van der Waals surface area contributed by atoms with Crippen molar-refractivity contribution in [1.29, 1.82) is 0 Å². The highest BCUT2D eigenvalue weighted by molar-refractivity contribution is 6.31. The third-order valence-electron chi connectivity index (χ3n) is 2.63. The zero-order valence-corrected chi connectivity index (χ0v) is 11.8. The fraction of sp³-hybridized carbons (Fsp3) is 0.417. The van der Waals surface area contributed by atoms with Gasteiger partial charge in [-0.1, -0.05) is 11.6 Å². The van der Waals surface area contributed by atoms with E-state index < -0.39 is 12.8 Å². The molecule has 2 rings (SSSR count). The Morgan fingerprint density at radius 1 is 1.30 bits per heavy atom. The first-order chi connectivity index (χ1) is 9.40. The Balaban J connectivity index is 2.13. The molecule has 0 aliphatic carbocycles. The van der Waals surface area contributed by atoms with Gasteiger partial charge in [-0.15, -0.1) is 11.6 Å². The van der Waals surface area contributed by atoms with Gasteiger partial charge in [0, 0.05) is 11.6 Å². The van der Waals surface area contributed by atoms with Gasteiger partial charge in [0.25, 0.3) is 0 Å². The lowest BCUT2D eigenvalue weighted by atomic mass is 10.3. The SMILES string of the molecule is FC(F)(F)COCCn1c(CCl)nc2ccc(Cl)cc21. The van der Waals surface area contributed by atoms with Crippen LogP contribution in [0.3, 0.4) is 0 Å². The van der Waals surface area contributed by atoms with Crippen molar-refractivity contribution in [3.8, 4) is 0 Å². The average molecular weight is 327 g/mol. The van der Waals surface area contributed by atoms with Crippen LogP contribution in [0.15, 0.2) is 18.2 Å². The number of benzene rings is 1. The molecule has 1 aromatic carbocycles. The number of fused-ring (bicyclic) bond motifs is 1. The van der Waals surface area contributed by atoms with Crippen LogP contribution in [0, 0.1) is 0 Å². The summed E-state index contributed by atoms with van der Waals surface area (Å²) in [6.45, 7) is -1.12. The highest BCUT2D eigenvalue weighted by Crippen LogP contribution is 2.22. The number of aromatic nitrogens is 2. The van der Waals surface area contributed by atoms with E-state index in [2.05, 4.69) is 9.72 Å². The Hall–Kier alpha value is -0.980. The topological polar surface area (TPSA) is 27.1 Å². The fourth-order valence-corrected chi connectivity index (χ4v) is 2.21. The van der Waals surface area contributed by atoms with Gasteiger partial charge in [-0.25, -0.2) is 4.98 Å². The molecule has 0 aliphatic rings. The molecule has 0 N–H and O–H groups in total. The quantitative estimate of drug-likeness (QED) is 0.613. The first kappa shape index (κ1) is 15.4. The average Bonchev–Trinajstić information content (AvgIpc) is 2.71. The Bertz CT molecular complexity index is 598. The molecule has 0 radical (unpaired) electrons. The minimum atomic E-state index is -4.32. The van der Waals surface area contributed by atoms with Crippen LogP contribution in [0.5, 0.6) is 0 Å². The Labute approximate surface area is 123 Å². The zero-order chi connectivity index (χ0) is 14.8. The van der Waals surface area contributed by atoms with Gasteiger partial charge in [0.05, 0.1) is 23.5 Å². The number of nitrogens with zero attached hydrogens (tertiary/aromatic N) is 2. The van der Waals surface area contributed by atoms with Crippen LogP contribution in [0.4, 0.5) is 13.2 Å². The molecule has 1 aromatic heterocycles. The van der Waals surface area contributed by atoms with Crippen molar-refractivity contribution in [3.05, 3.63) is 29.0 Å². The van der Waals surface area contributed by atoms with Crippen molar-refractivity contribution in [2.75, 3.05) is 13.2 Å². The number of hydrogen-bond donors (Lipinski definition) is 0. The molecule has 0 bridgehead atoms. The number of imidazole rings is 1. The summed E-state index contributed by atoms with van der Waals surface area (Å²) in [7, 11) is 0. The van der Waals surface area contributed by atoms with Crippen LogP contribution >= 0.6 is 23.2 Å². The van der Waals surface area contributed by atoms with Crippen LogP contribution < -0.4 is 0 Å². The lowest BCUT2D eigenvalue weighted by molar-refractivity contribution is -0.174. The van der Waals surface area contributed by atoms with E-state index in [9.17, 15) is 13.2 Å². The van der Waals surface area contributed by atoms with Gasteiger partial charge in [-0.2, -0.15) is 13.2 Å². The molecular formula is C12H11Cl2F3N2O. The number of alkyl halides is 4. The predicted octanol–water partition coefficient (Wildman–Crippen LogP) is 4.01. The monoisotopic (exact) mass is 326 g/mol. The highest BCUT2D eigenvalue weighted by Gasteiger charge is 2.27. The normalized spacial score (nSPS) is 12.2. The predicted molar refractivity (Wildman–Crippen MR) is 71.2 cm³/mol. The number of rotatable bonds is 5. The summed E-state index contributed by atoms with van der Waals surface area (Å²) in [6.07, 6.45) is -4.32. The summed E-state index contributed by atoms with van der Waals surface area (Å²) in [6, 6.07) is 5.13. The van der Waals surface area contributed by atoms with Crippen LogP contribution in [0.25, 0.3) is 11.0 Å². The number of ether oxygens (including phenoxy) is 1. The largest absolute Gasteiger partial charge is 0.411 e. The first-order valence-electron chi connectivity index (χ1n) is 5.76. The van der Waals surface area contributed by atoms with Crippen molar-refractivity contribution >= 4 is 34.2 Å². The standard InChI is InChI=1S/C12H11Cl2F3N2O/c13-6-11-18-9-2-1-8(14)5-10(9)19(11)3-4-20-7-12(15,16)17/h1-2,5H,3-4,6-7H2. The third-order valence-corrected chi connectivity index (χ3v) is 3.11. The minimum Gasteiger partial charge on any atom is -0.370 e. The smallest absolute Gasteiger partial charge is 0.370 e. The van der Waals surface area contributed by atoms with Gasteiger partial charge < -0.3 is 9.30 Å². The second-order valence-electron chi connectivity index (χ2n) is 4.11. The molecule has 0 saturated heterocycles. The van der Waals surface area contributed by atoms with Crippen LogP contribution in [0.1, 0.15) is 5.82 Å². The summed E-state index contributed by atoms with van der Waals surface area (Å²) < 4.78 is 42.3. The van der Waals surface area contributed by atoms with E-state index in [0.717, 1.165) is 5.52 Å². The number of hydrogen-bond acceptors (Lipinski definition) is 2. The van der Waals surface area contributed by atoms with Crippen molar-refractivity contribution in [1.82, 2.24) is 9.55 Å². The fourth-order valence-electron chi connectivity index (χ4n) is 1.84. The minimum absolute atomic E-state index is 0.0820. The summed E-state index contributed by atoms with van der Waals surface area (Å²) in [5, 5.41) is 0.524. The Morgan fingerprint density at radius 2 is 2.05 bits per heavy atom. The van der Waals surface area contributed by atoms with Gasteiger partial charge in [0.2, 0.25) is 0 Å². The lowest BCUT2D eigenvalue weighted by Crippen LogP contribution is -2.19. The van der Waals surface area contributed by atoms with Crippen molar-refractivity contribution in [2.24, 2.45) is 0 Å². The first-order valence-corrected chi connectivity index (χ1v) is 6.67. The Morgan fingerprint density at radius 3 is 2.70 bits per heavy atom. The van der Waals surface area contributed by atoms with Crippen molar-refractivity contribution in [3.63, 3.8) is 0 Å². The van der Waals surface area contributed by atoms with E-state index >= 15 is 0 Å². The molecule has 0 saturated carbocycles.